The summed E-state index contributed by atoms with van der Waals surface area (Å²) in [5.74, 6) is -0.396. The molecule has 0 bridgehead atoms. The lowest BCUT2D eigenvalue weighted by molar-refractivity contribution is -0.0196. The Kier molecular flexibility index (Phi) is 7.33. The van der Waals surface area contributed by atoms with Gasteiger partial charge >= 0.3 is 5.97 Å². The molecule has 1 N–H and O–H groups in total. The van der Waals surface area contributed by atoms with Gasteiger partial charge in [-0.15, -0.1) is 0 Å². The van der Waals surface area contributed by atoms with E-state index in [0.29, 0.717) is 27.0 Å². The second kappa shape index (κ2) is 9.26. The van der Waals surface area contributed by atoms with E-state index < -0.39 is 5.97 Å². The summed E-state index contributed by atoms with van der Waals surface area (Å²) in [5.41, 5.74) is 2.50. The number of nitrogens with zero attached hydrogens (tertiary/aromatic N) is 1. The topological polar surface area (TPSA) is 41.6 Å². The summed E-state index contributed by atoms with van der Waals surface area (Å²) in [7, 11) is 0. The first-order valence-corrected chi connectivity index (χ1v) is 9.40. The number of benzene rings is 2. The lowest BCUT2D eigenvalue weighted by Crippen LogP contribution is -2.36. The summed E-state index contributed by atoms with van der Waals surface area (Å²) in [6, 6.07) is 10.8. The molecule has 0 aliphatic heterocycles. The number of rotatable bonds is 7. The van der Waals surface area contributed by atoms with Crippen LogP contribution in [0.2, 0.25) is 10.0 Å². The van der Waals surface area contributed by atoms with Crippen LogP contribution in [0.15, 0.2) is 36.4 Å². The van der Waals surface area contributed by atoms with Crippen LogP contribution in [0.5, 0.6) is 0 Å². The van der Waals surface area contributed by atoms with Gasteiger partial charge < -0.3 is 10.1 Å². The summed E-state index contributed by atoms with van der Waals surface area (Å²) in [4.78, 5) is 14.7. The number of halogens is 2. The van der Waals surface area contributed by atoms with E-state index in [4.69, 9.17) is 27.9 Å². The zero-order valence-electron chi connectivity index (χ0n) is 15.5. The Morgan fingerprint density at radius 3 is 2.46 bits per heavy atom. The molecule has 1 atom stereocenters. The Morgan fingerprint density at radius 2 is 1.81 bits per heavy atom. The average molecular weight is 395 g/mol. The van der Waals surface area contributed by atoms with Crippen LogP contribution in [0.3, 0.4) is 0 Å². The van der Waals surface area contributed by atoms with Crippen LogP contribution in [-0.2, 0) is 4.74 Å². The number of aryl methyl sites for hydroxylation is 1. The number of hydrogen-bond acceptors (Lipinski definition) is 4. The molecule has 26 heavy (non-hydrogen) atoms. The van der Waals surface area contributed by atoms with Gasteiger partial charge in [-0.25, -0.2) is 4.79 Å². The maximum Gasteiger partial charge on any atom is 0.341 e. The van der Waals surface area contributed by atoms with Gasteiger partial charge in [-0.2, -0.15) is 0 Å². The Labute approximate surface area is 165 Å². The highest BCUT2D eigenvalue weighted by Gasteiger charge is 2.20. The predicted octanol–water partition coefficient (Wildman–Crippen LogP) is 5.89. The molecule has 2 aromatic carbocycles. The number of carbonyl (C=O) groups is 1. The summed E-state index contributed by atoms with van der Waals surface area (Å²) in [6.07, 6.45) is -0.309. The van der Waals surface area contributed by atoms with E-state index in [9.17, 15) is 4.79 Å². The third-order valence-corrected chi connectivity index (χ3v) is 5.10. The molecular weight excluding hydrogens is 371 g/mol. The first-order valence-electron chi connectivity index (χ1n) is 8.64. The number of nitrogens with one attached hydrogen (secondary N) is 1. The average Bonchev–Trinajstić information content (AvgIpc) is 2.63. The fraction of sp³-hybridized carbons (Fsp3) is 0.350. The summed E-state index contributed by atoms with van der Waals surface area (Å²) >= 11 is 12.7. The van der Waals surface area contributed by atoms with Gasteiger partial charge in [0, 0.05) is 0 Å². The summed E-state index contributed by atoms with van der Waals surface area (Å²) in [5, 5.41) is 4.19. The van der Waals surface area contributed by atoms with E-state index >= 15 is 0 Å². The van der Waals surface area contributed by atoms with Crippen molar-refractivity contribution in [3.05, 3.63) is 57.6 Å². The fourth-order valence-corrected chi connectivity index (χ4v) is 3.17. The third-order valence-electron chi connectivity index (χ3n) is 4.30. The zero-order chi connectivity index (χ0) is 19.3. The molecular formula is C20H24Cl2N2O2. The molecule has 0 amide bonds. The molecule has 2 rings (SSSR count). The highest BCUT2D eigenvalue weighted by Crippen LogP contribution is 2.36. The Balaban J connectivity index is 2.28. The number of hydrogen-bond donors (Lipinski definition) is 1. The van der Waals surface area contributed by atoms with Gasteiger partial charge in [-0.05, 0) is 50.7 Å². The Bertz CT molecular complexity index is 776. The smallest absolute Gasteiger partial charge is 0.341 e. The molecule has 0 aromatic heterocycles. The molecule has 0 fully saturated rings. The Hall–Kier alpha value is -1.75. The van der Waals surface area contributed by atoms with Crippen LogP contribution < -0.4 is 5.32 Å². The zero-order valence-corrected chi connectivity index (χ0v) is 17.0. The van der Waals surface area contributed by atoms with Gasteiger partial charge in [-0.3, -0.25) is 4.90 Å². The number of ether oxygens (including phenoxy) is 1. The van der Waals surface area contributed by atoms with Crippen molar-refractivity contribution >= 4 is 40.5 Å². The predicted molar refractivity (Wildman–Crippen MR) is 109 cm³/mol. The van der Waals surface area contributed by atoms with Gasteiger partial charge in [0.1, 0.15) is 0 Å². The van der Waals surface area contributed by atoms with E-state index in [1.807, 2.05) is 39.8 Å². The molecule has 0 radical (unpaired) electrons. The molecule has 4 nitrogen and oxygen atoms in total. The van der Waals surface area contributed by atoms with Crippen molar-refractivity contribution < 1.29 is 9.53 Å². The minimum absolute atomic E-state index is 0.309. The highest BCUT2D eigenvalue weighted by atomic mass is 35.5. The number of anilines is 2. The Morgan fingerprint density at radius 1 is 1.15 bits per heavy atom. The largest absolute Gasteiger partial charge is 0.443 e. The van der Waals surface area contributed by atoms with Crippen molar-refractivity contribution in [1.82, 2.24) is 4.90 Å². The first kappa shape index (κ1) is 20.6. The quantitative estimate of drug-likeness (QED) is 0.469. The number of carbonyl (C=O) groups excluding carboxylic acids is 1. The molecule has 140 valence electrons. The molecule has 0 heterocycles. The van der Waals surface area contributed by atoms with Crippen molar-refractivity contribution in [1.29, 1.82) is 0 Å². The van der Waals surface area contributed by atoms with Gasteiger partial charge in [0.2, 0.25) is 0 Å². The molecule has 2 aromatic rings. The minimum atomic E-state index is -0.396. The van der Waals surface area contributed by atoms with Crippen LogP contribution in [0.1, 0.15) is 36.7 Å². The van der Waals surface area contributed by atoms with E-state index in [1.165, 1.54) is 0 Å². The lowest BCUT2D eigenvalue weighted by Gasteiger charge is -2.26. The second-order valence-electron chi connectivity index (χ2n) is 5.95. The van der Waals surface area contributed by atoms with Gasteiger partial charge in [0.25, 0.3) is 0 Å². The van der Waals surface area contributed by atoms with Crippen molar-refractivity contribution in [3.8, 4) is 0 Å². The molecule has 0 saturated heterocycles. The fourth-order valence-electron chi connectivity index (χ4n) is 2.71. The molecule has 0 spiro atoms. The summed E-state index contributed by atoms with van der Waals surface area (Å²) in [6.45, 7) is 9.44. The van der Waals surface area contributed by atoms with E-state index in [-0.39, 0.29) is 6.23 Å². The molecule has 1 unspecified atom stereocenters. The van der Waals surface area contributed by atoms with Crippen LogP contribution in [0, 0.1) is 6.92 Å². The van der Waals surface area contributed by atoms with Crippen molar-refractivity contribution in [3.63, 3.8) is 0 Å². The van der Waals surface area contributed by atoms with Crippen LogP contribution in [0.25, 0.3) is 0 Å². The second-order valence-corrected chi connectivity index (χ2v) is 6.73. The van der Waals surface area contributed by atoms with Gasteiger partial charge in [0.15, 0.2) is 6.23 Å². The first-order chi connectivity index (χ1) is 12.4. The molecule has 6 heteroatoms. The van der Waals surface area contributed by atoms with E-state index in [0.717, 1.165) is 18.7 Å². The third kappa shape index (κ3) is 4.70. The normalized spacial score (nSPS) is 12.1. The molecule has 0 saturated carbocycles. The van der Waals surface area contributed by atoms with Crippen molar-refractivity contribution in [2.24, 2.45) is 0 Å². The lowest BCUT2D eigenvalue weighted by atomic mass is 10.1. The van der Waals surface area contributed by atoms with Crippen LogP contribution in [-0.4, -0.2) is 30.2 Å². The van der Waals surface area contributed by atoms with Crippen molar-refractivity contribution in [2.75, 3.05) is 18.4 Å². The number of esters is 1. The van der Waals surface area contributed by atoms with Gasteiger partial charge in [0.05, 0.1) is 27.0 Å². The number of para-hydroxylation sites is 1. The van der Waals surface area contributed by atoms with E-state index in [1.54, 1.807) is 24.3 Å². The van der Waals surface area contributed by atoms with Crippen LogP contribution >= 0.6 is 23.2 Å². The molecule has 0 aliphatic carbocycles. The standard InChI is InChI=1S/C20H24Cl2N2O2/c1-5-24(6-2)14(4)26-20(25)15-9-7-8-10-17(15)23-19-16(21)12-11-13(3)18(19)22/h7-12,14,23H,5-6H2,1-4H3. The highest BCUT2D eigenvalue weighted by molar-refractivity contribution is 6.39. The monoisotopic (exact) mass is 394 g/mol. The van der Waals surface area contributed by atoms with E-state index in [2.05, 4.69) is 10.2 Å². The molecule has 0 aliphatic rings. The van der Waals surface area contributed by atoms with Crippen molar-refractivity contribution in [2.45, 2.75) is 33.9 Å². The minimum Gasteiger partial charge on any atom is -0.443 e. The van der Waals surface area contributed by atoms with Gasteiger partial charge in [-0.1, -0.05) is 55.2 Å². The maximum absolute atomic E-state index is 12.7. The maximum atomic E-state index is 12.7. The van der Waals surface area contributed by atoms with Crippen LogP contribution in [0.4, 0.5) is 11.4 Å². The SMILES string of the molecule is CCN(CC)C(C)OC(=O)c1ccccc1Nc1c(Cl)ccc(C)c1Cl. The summed E-state index contributed by atoms with van der Waals surface area (Å²) < 4.78 is 5.62.